The van der Waals surface area contributed by atoms with Crippen LogP contribution in [-0.2, 0) is 0 Å². The largest absolute Gasteiger partial charge is 0.325 e. The molecule has 0 aliphatic heterocycles. The summed E-state index contributed by atoms with van der Waals surface area (Å²) in [6.45, 7) is 0. The standard InChI is InChI=1S/C11H18N4S/c12-15-11(14-10-6-7-16-8-10)13-9-4-2-1-3-5-9/h6-9H,1-5,12H2,(H2,13,14,15). The number of anilines is 1. The van der Waals surface area contributed by atoms with Gasteiger partial charge < -0.3 is 5.32 Å². The molecule has 5 heteroatoms. The third-order valence-corrected chi connectivity index (χ3v) is 3.49. The van der Waals surface area contributed by atoms with Crippen molar-refractivity contribution in [3.8, 4) is 0 Å². The fraction of sp³-hybridized carbons (Fsp3) is 0.545. The van der Waals surface area contributed by atoms with Gasteiger partial charge in [0.1, 0.15) is 0 Å². The Kier molecular flexibility index (Phi) is 4.18. The molecule has 0 aromatic carbocycles. The number of thiophene rings is 1. The molecule has 16 heavy (non-hydrogen) atoms. The highest BCUT2D eigenvalue weighted by Gasteiger charge is 2.12. The lowest BCUT2D eigenvalue weighted by Gasteiger charge is -2.19. The van der Waals surface area contributed by atoms with E-state index in [0.29, 0.717) is 12.0 Å². The fourth-order valence-electron chi connectivity index (χ4n) is 1.97. The second kappa shape index (κ2) is 5.86. The first-order chi connectivity index (χ1) is 7.88. The van der Waals surface area contributed by atoms with Crippen molar-refractivity contribution in [1.29, 1.82) is 0 Å². The van der Waals surface area contributed by atoms with Crippen LogP contribution in [0.3, 0.4) is 0 Å². The first-order valence-electron chi connectivity index (χ1n) is 5.72. The van der Waals surface area contributed by atoms with Crippen LogP contribution in [-0.4, -0.2) is 12.0 Å². The van der Waals surface area contributed by atoms with Crippen molar-refractivity contribution in [2.45, 2.75) is 38.1 Å². The number of hydrogen-bond donors (Lipinski definition) is 3. The Labute approximate surface area is 99.9 Å². The maximum atomic E-state index is 5.47. The summed E-state index contributed by atoms with van der Waals surface area (Å²) in [5, 5.41) is 7.24. The van der Waals surface area contributed by atoms with E-state index >= 15 is 0 Å². The number of rotatable bonds is 2. The smallest absolute Gasteiger partial charge is 0.210 e. The number of nitrogens with one attached hydrogen (secondary N) is 2. The van der Waals surface area contributed by atoms with Gasteiger partial charge in [-0.15, -0.1) is 0 Å². The molecule has 0 saturated heterocycles. The Balaban J connectivity index is 1.95. The molecule has 88 valence electrons. The Morgan fingerprint density at radius 1 is 1.38 bits per heavy atom. The van der Waals surface area contributed by atoms with Crippen LogP contribution in [0, 0.1) is 0 Å². The summed E-state index contributed by atoms with van der Waals surface area (Å²) in [5.41, 5.74) is 3.67. The highest BCUT2D eigenvalue weighted by Crippen LogP contribution is 2.20. The van der Waals surface area contributed by atoms with Crippen molar-refractivity contribution in [3.63, 3.8) is 0 Å². The maximum Gasteiger partial charge on any atom is 0.210 e. The van der Waals surface area contributed by atoms with Crippen molar-refractivity contribution < 1.29 is 0 Å². The molecule has 0 radical (unpaired) electrons. The first-order valence-corrected chi connectivity index (χ1v) is 6.66. The Hall–Kier alpha value is -1.07. The van der Waals surface area contributed by atoms with E-state index in [1.54, 1.807) is 11.3 Å². The van der Waals surface area contributed by atoms with Gasteiger partial charge in [0.25, 0.3) is 0 Å². The van der Waals surface area contributed by atoms with Crippen LogP contribution in [0.2, 0.25) is 0 Å². The van der Waals surface area contributed by atoms with Crippen molar-refractivity contribution in [2.24, 2.45) is 10.8 Å². The number of nitrogens with zero attached hydrogens (tertiary/aromatic N) is 1. The molecular formula is C11H18N4S. The van der Waals surface area contributed by atoms with E-state index in [1.807, 2.05) is 16.8 Å². The highest BCUT2D eigenvalue weighted by molar-refractivity contribution is 7.08. The van der Waals surface area contributed by atoms with Crippen molar-refractivity contribution in [1.82, 2.24) is 5.43 Å². The summed E-state index contributed by atoms with van der Waals surface area (Å²) >= 11 is 1.65. The van der Waals surface area contributed by atoms with Crippen molar-refractivity contribution >= 4 is 23.0 Å². The van der Waals surface area contributed by atoms with E-state index < -0.39 is 0 Å². The summed E-state index contributed by atoms with van der Waals surface area (Å²) in [7, 11) is 0. The molecule has 4 N–H and O–H groups in total. The molecule has 0 bridgehead atoms. The number of hydrazine groups is 1. The Morgan fingerprint density at radius 2 is 2.19 bits per heavy atom. The zero-order valence-electron chi connectivity index (χ0n) is 9.28. The molecule has 1 aliphatic carbocycles. The highest BCUT2D eigenvalue weighted by atomic mass is 32.1. The lowest BCUT2D eigenvalue weighted by molar-refractivity contribution is 0.442. The monoisotopic (exact) mass is 238 g/mol. The van der Waals surface area contributed by atoms with Gasteiger partial charge in [-0.05, 0) is 24.3 Å². The average molecular weight is 238 g/mol. The molecule has 1 aliphatic rings. The van der Waals surface area contributed by atoms with E-state index in [-0.39, 0.29) is 0 Å². The van der Waals surface area contributed by atoms with Crippen molar-refractivity contribution in [3.05, 3.63) is 16.8 Å². The zero-order chi connectivity index (χ0) is 11.2. The predicted molar refractivity (Wildman–Crippen MR) is 69.6 cm³/mol. The van der Waals surface area contributed by atoms with Gasteiger partial charge in [0.05, 0.1) is 11.7 Å². The topological polar surface area (TPSA) is 62.4 Å². The number of hydrogen-bond acceptors (Lipinski definition) is 3. The molecule has 0 unspecified atom stereocenters. The van der Waals surface area contributed by atoms with Crippen LogP contribution >= 0.6 is 11.3 Å². The van der Waals surface area contributed by atoms with Crippen LogP contribution in [0.1, 0.15) is 32.1 Å². The average Bonchev–Trinajstić information content (AvgIpc) is 2.82. The Morgan fingerprint density at radius 3 is 2.81 bits per heavy atom. The lowest BCUT2D eigenvalue weighted by Crippen LogP contribution is -2.37. The van der Waals surface area contributed by atoms with Gasteiger partial charge in [-0.1, -0.05) is 19.3 Å². The SMILES string of the molecule is NNC(=NC1CCCCC1)Nc1ccsc1. The predicted octanol–water partition coefficient (Wildman–Crippen LogP) is 2.31. The molecule has 1 heterocycles. The van der Waals surface area contributed by atoms with E-state index in [4.69, 9.17) is 5.84 Å². The van der Waals surface area contributed by atoms with Gasteiger partial charge in [0, 0.05) is 5.38 Å². The zero-order valence-corrected chi connectivity index (χ0v) is 10.1. The van der Waals surface area contributed by atoms with E-state index in [9.17, 15) is 0 Å². The molecule has 1 fully saturated rings. The minimum Gasteiger partial charge on any atom is -0.325 e. The van der Waals surface area contributed by atoms with E-state index in [2.05, 4.69) is 15.7 Å². The lowest BCUT2D eigenvalue weighted by atomic mass is 9.96. The van der Waals surface area contributed by atoms with Gasteiger partial charge in [-0.25, -0.2) is 10.8 Å². The van der Waals surface area contributed by atoms with Crippen LogP contribution in [0.15, 0.2) is 21.8 Å². The number of nitrogens with two attached hydrogens (primary N) is 1. The maximum absolute atomic E-state index is 5.47. The molecule has 0 atom stereocenters. The minimum absolute atomic E-state index is 0.422. The van der Waals surface area contributed by atoms with Crippen molar-refractivity contribution in [2.75, 3.05) is 5.32 Å². The van der Waals surface area contributed by atoms with Gasteiger partial charge in [0.2, 0.25) is 5.96 Å². The molecule has 1 aromatic rings. The molecule has 0 spiro atoms. The van der Waals surface area contributed by atoms with Crippen LogP contribution < -0.4 is 16.6 Å². The third-order valence-electron chi connectivity index (χ3n) is 2.81. The van der Waals surface area contributed by atoms with Gasteiger partial charge in [-0.2, -0.15) is 11.3 Å². The van der Waals surface area contributed by atoms with E-state index in [1.165, 1.54) is 32.1 Å². The molecule has 0 amide bonds. The molecule has 2 rings (SSSR count). The Bertz CT molecular complexity index is 328. The summed E-state index contributed by atoms with van der Waals surface area (Å²) < 4.78 is 0. The molecule has 1 aromatic heterocycles. The molecule has 1 saturated carbocycles. The first kappa shape index (κ1) is 11.4. The van der Waals surface area contributed by atoms with Gasteiger partial charge in [-0.3, -0.25) is 5.43 Å². The molecule has 4 nitrogen and oxygen atoms in total. The van der Waals surface area contributed by atoms with Crippen LogP contribution in [0.25, 0.3) is 0 Å². The van der Waals surface area contributed by atoms with Crippen LogP contribution in [0.5, 0.6) is 0 Å². The fourth-order valence-corrected chi connectivity index (χ4v) is 2.56. The normalized spacial score (nSPS) is 18.4. The number of aliphatic imine (C=N–C) groups is 1. The summed E-state index contributed by atoms with van der Waals surface area (Å²) in [4.78, 5) is 4.60. The third kappa shape index (κ3) is 3.21. The van der Waals surface area contributed by atoms with Gasteiger partial charge in [0.15, 0.2) is 0 Å². The van der Waals surface area contributed by atoms with Gasteiger partial charge >= 0.3 is 0 Å². The van der Waals surface area contributed by atoms with Crippen LogP contribution in [0.4, 0.5) is 5.69 Å². The minimum atomic E-state index is 0.422. The summed E-state index contributed by atoms with van der Waals surface area (Å²) in [6.07, 6.45) is 6.26. The second-order valence-corrected chi connectivity index (χ2v) is 4.83. The number of guanidine groups is 1. The second-order valence-electron chi connectivity index (χ2n) is 4.05. The summed E-state index contributed by atoms with van der Waals surface area (Å²) in [6, 6.07) is 2.43. The summed E-state index contributed by atoms with van der Waals surface area (Å²) in [5.74, 6) is 6.14. The molecular weight excluding hydrogens is 220 g/mol. The quantitative estimate of drug-likeness (QED) is 0.321. The van der Waals surface area contributed by atoms with E-state index in [0.717, 1.165) is 5.69 Å².